The van der Waals surface area contributed by atoms with E-state index in [1.165, 1.54) is 16.8 Å². The Balaban J connectivity index is 1.78. The Morgan fingerprint density at radius 2 is 1.96 bits per heavy atom. The number of amides is 1. The lowest BCUT2D eigenvalue weighted by Gasteiger charge is -2.25. The molecule has 144 valence electrons. The Morgan fingerprint density at radius 3 is 2.52 bits per heavy atom. The predicted octanol–water partition coefficient (Wildman–Crippen LogP) is 3.59. The number of nitrogens with zero attached hydrogens (tertiary/aromatic N) is 3. The van der Waals surface area contributed by atoms with Gasteiger partial charge in [-0.05, 0) is 50.3 Å². The van der Waals surface area contributed by atoms with Gasteiger partial charge in [-0.3, -0.25) is 19.6 Å². The van der Waals surface area contributed by atoms with Crippen LogP contribution in [0.3, 0.4) is 0 Å². The minimum atomic E-state index is -0.480. The molecule has 0 aliphatic heterocycles. The van der Waals surface area contributed by atoms with Crippen molar-refractivity contribution in [3.8, 4) is 0 Å². The summed E-state index contributed by atoms with van der Waals surface area (Å²) in [4.78, 5) is 23.3. The van der Waals surface area contributed by atoms with Crippen LogP contribution in [0.2, 0.25) is 0 Å². The molecule has 3 rings (SSSR count). The Morgan fingerprint density at radius 1 is 1.33 bits per heavy atom. The number of rotatable bonds is 6. The SMILES string of the molecule is Cc1nn(CC(=O)NC(c2ccc(F)cc2)C2CCCC2)c(C)c1[N+](=O)[O-]. The molecular formula is C19H23FN4O3. The number of carbonyl (C=O) groups is 1. The van der Waals surface area contributed by atoms with Gasteiger partial charge in [0.05, 0.1) is 11.0 Å². The molecule has 1 aromatic heterocycles. The smallest absolute Gasteiger partial charge is 0.312 e. The van der Waals surface area contributed by atoms with E-state index in [9.17, 15) is 19.3 Å². The van der Waals surface area contributed by atoms with E-state index in [4.69, 9.17) is 0 Å². The number of nitro groups is 1. The van der Waals surface area contributed by atoms with Gasteiger partial charge in [-0.15, -0.1) is 0 Å². The zero-order valence-corrected chi connectivity index (χ0v) is 15.4. The topological polar surface area (TPSA) is 90.1 Å². The number of aromatic nitrogens is 2. The van der Waals surface area contributed by atoms with Crippen LogP contribution in [0.4, 0.5) is 10.1 Å². The van der Waals surface area contributed by atoms with Crippen molar-refractivity contribution in [3.63, 3.8) is 0 Å². The Kier molecular flexibility index (Phi) is 5.53. The fraction of sp³-hybridized carbons (Fsp3) is 0.474. The number of carbonyl (C=O) groups excluding carboxylic acids is 1. The van der Waals surface area contributed by atoms with Crippen molar-refractivity contribution in [2.75, 3.05) is 0 Å². The summed E-state index contributed by atoms with van der Waals surface area (Å²) in [5, 5.41) is 18.3. The molecule has 1 saturated carbocycles. The van der Waals surface area contributed by atoms with Crippen LogP contribution in [0.15, 0.2) is 24.3 Å². The van der Waals surface area contributed by atoms with Gasteiger partial charge in [0.1, 0.15) is 23.7 Å². The summed E-state index contributed by atoms with van der Waals surface area (Å²) in [5.74, 6) is -0.281. The number of hydrogen-bond acceptors (Lipinski definition) is 4. The Bertz CT molecular complexity index is 841. The third kappa shape index (κ3) is 4.15. The molecule has 1 heterocycles. The van der Waals surface area contributed by atoms with Crippen molar-refractivity contribution in [2.45, 2.75) is 52.1 Å². The summed E-state index contributed by atoms with van der Waals surface area (Å²) in [7, 11) is 0. The van der Waals surface area contributed by atoms with Gasteiger partial charge in [0.15, 0.2) is 0 Å². The van der Waals surface area contributed by atoms with Crippen LogP contribution >= 0.6 is 0 Å². The highest BCUT2D eigenvalue weighted by molar-refractivity contribution is 5.76. The first-order valence-electron chi connectivity index (χ1n) is 9.10. The van der Waals surface area contributed by atoms with Crippen molar-refractivity contribution in [2.24, 2.45) is 5.92 Å². The fourth-order valence-corrected chi connectivity index (χ4v) is 3.89. The summed E-state index contributed by atoms with van der Waals surface area (Å²) in [5.41, 5.74) is 1.45. The van der Waals surface area contributed by atoms with Crippen molar-refractivity contribution in [1.82, 2.24) is 15.1 Å². The van der Waals surface area contributed by atoms with Crippen molar-refractivity contribution in [1.29, 1.82) is 0 Å². The number of nitrogens with one attached hydrogen (secondary N) is 1. The van der Waals surface area contributed by atoms with Gasteiger partial charge in [0, 0.05) is 0 Å². The summed E-state index contributed by atoms with van der Waals surface area (Å²) >= 11 is 0. The van der Waals surface area contributed by atoms with Crippen LogP contribution in [-0.4, -0.2) is 20.6 Å². The first kappa shape index (κ1) is 19.0. The van der Waals surface area contributed by atoms with Gasteiger partial charge in [0.25, 0.3) is 0 Å². The minimum Gasteiger partial charge on any atom is -0.347 e. The van der Waals surface area contributed by atoms with E-state index < -0.39 is 4.92 Å². The molecule has 1 amide bonds. The molecule has 0 spiro atoms. The molecule has 1 aromatic carbocycles. The van der Waals surface area contributed by atoms with Crippen LogP contribution in [0.5, 0.6) is 0 Å². The van der Waals surface area contributed by atoms with Crippen molar-refractivity contribution in [3.05, 3.63) is 57.1 Å². The average molecular weight is 374 g/mol. The lowest BCUT2D eigenvalue weighted by atomic mass is 9.91. The fourth-order valence-electron chi connectivity index (χ4n) is 3.89. The van der Waals surface area contributed by atoms with Crippen LogP contribution in [-0.2, 0) is 11.3 Å². The van der Waals surface area contributed by atoms with Crippen LogP contribution in [0.25, 0.3) is 0 Å². The Hall–Kier alpha value is -2.77. The van der Waals surface area contributed by atoms with Gasteiger partial charge >= 0.3 is 5.69 Å². The normalized spacial score (nSPS) is 15.7. The summed E-state index contributed by atoms with van der Waals surface area (Å²) in [6.07, 6.45) is 4.24. The van der Waals surface area contributed by atoms with Crippen molar-refractivity contribution < 1.29 is 14.1 Å². The van der Waals surface area contributed by atoms with E-state index >= 15 is 0 Å². The largest absolute Gasteiger partial charge is 0.347 e. The van der Waals surface area contributed by atoms with E-state index in [1.54, 1.807) is 26.0 Å². The molecule has 8 heteroatoms. The molecule has 1 atom stereocenters. The van der Waals surface area contributed by atoms with Crippen molar-refractivity contribution >= 4 is 11.6 Å². The zero-order chi connectivity index (χ0) is 19.6. The second-order valence-electron chi connectivity index (χ2n) is 7.08. The summed E-state index contributed by atoms with van der Waals surface area (Å²) < 4.78 is 14.6. The highest BCUT2D eigenvalue weighted by Gasteiger charge is 2.29. The van der Waals surface area contributed by atoms with E-state index in [1.807, 2.05) is 0 Å². The average Bonchev–Trinajstić information content (AvgIpc) is 3.22. The molecule has 2 aromatic rings. The standard InChI is InChI=1S/C19H23FN4O3/c1-12-19(24(26)27)13(2)23(22-12)11-17(25)21-18(14-5-3-4-6-14)15-7-9-16(20)10-8-15/h7-10,14,18H,3-6,11H2,1-2H3,(H,21,25). The number of benzene rings is 1. The van der Waals surface area contributed by atoms with Gasteiger partial charge in [-0.1, -0.05) is 25.0 Å². The molecule has 1 aliphatic rings. The molecule has 0 saturated heterocycles. The third-order valence-corrected chi connectivity index (χ3v) is 5.24. The minimum absolute atomic E-state index is 0.0614. The highest BCUT2D eigenvalue weighted by atomic mass is 19.1. The van der Waals surface area contributed by atoms with Gasteiger partial charge < -0.3 is 5.32 Å². The van der Waals surface area contributed by atoms with Gasteiger partial charge in [-0.25, -0.2) is 4.39 Å². The third-order valence-electron chi connectivity index (χ3n) is 5.24. The maximum atomic E-state index is 13.3. The second-order valence-corrected chi connectivity index (χ2v) is 7.08. The number of aryl methyl sites for hydroxylation is 1. The molecule has 1 unspecified atom stereocenters. The maximum absolute atomic E-state index is 13.3. The monoisotopic (exact) mass is 374 g/mol. The first-order valence-corrected chi connectivity index (χ1v) is 9.10. The van der Waals surface area contributed by atoms with Gasteiger partial charge in [-0.2, -0.15) is 5.10 Å². The Labute approximate surface area is 156 Å². The molecule has 1 aliphatic carbocycles. The maximum Gasteiger partial charge on any atom is 0.312 e. The quantitative estimate of drug-likeness (QED) is 0.618. The summed E-state index contributed by atoms with van der Waals surface area (Å²) in [6, 6.07) is 5.99. The lowest BCUT2D eigenvalue weighted by molar-refractivity contribution is -0.386. The van der Waals surface area contributed by atoms with E-state index in [2.05, 4.69) is 10.4 Å². The highest BCUT2D eigenvalue weighted by Crippen LogP contribution is 2.35. The van der Waals surface area contributed by atoms with E-state index in [0.29, 0.717) is 11.6 Å². The van der Waals surface area contributed by atoms with Crippen LogP contribution in [0, 0.1) is 35.7 Å². The first-order chi connectivity index (χ1) is 12.9. The van der Waals surface area contributed by atoms with E-state index in [0.717, 1.165) is 31.2 Å². The zero-order valence-electron chi connectivity index (χ0n) is 15.4. The number of hydrogen-bond donors (Lipinski definition) is 1. The summed E-state index contributed by atoms with van der Waals surface area (Å²) in [6.45, 7) is 3.05. The predicted molar refractivity (Wildman–Crippen MR) is 97.6 cm³/mol. The molecule has 0 bridgehead atoms. The van der Waals surface area contributed by atoms with Gasteiger partial charge in [0.2, 0.25) is 5.91 Å². The molecule has 1 fully saturated rings. The second kappa shape index (κ2) is 7.85. The number of halogens is 1. The molecule has 1 N–H and O–H groups in total. The van der Waals surface area contributed by atoms with Crippen LogP contribution in [0.1, 0.15) is 48.7 Å². The van der Waals surface area contributed by atoms with E-state index in [-0.39, 0.29) is 35.7 Å². The molecule has 7 nitrogen and oxygen atoms in total. The van der Waals surface area contributed by atoms with Crippen LogP contribution < -0.4 is 5.32 Å². The molecule has 0 radical (unpaired) electrons. The molecular weight excluding hydrogens is 351 g/mol. The molecule has 27 heavy (non-hydrogen) atoms. The lowest BCUT2D eigenvalue weighted by Crippen LogP contribution is -2.35.